The lowest BCUT2D eigenvalue weighted by molar-refractivity contribution is 0.508. The van der Waals surface area contributed by atoms with Gasteiger partial charge in [0.2, 0.25) is 5.89 Å². The normalized spacial score (nSPS) is 12.9. The summed E-state index contributed by atoms with van der Waals surface area (Å²) in [6, 6.07) is 30.0. The number of rotatable bonds is 9. The molecule has 4 aromatic carbocycles. The van der Waals surface area contributed by atoms with Crippen molar-refractivity contribution >= 4 is 50.1 Å². The van der Waals surface area contributed by atoms with Crippen molar-refractivity contribution in [1.82, 2.24) is 14.5 Å². The molecule has 7 aromatic rings. The van der Waals surface area contributed by atoms with Crippen molar-refractivity contribution < 1.29 is 4.42 Å². The van der Waals surface area contributed by atoms with Crippen molar-refractivity contribution in [2.24, 2.45) is 5.41 Å². The molecule has 0 bridgehead atoms. The first-order chi connectivity index (χ1) is 27.0. The molecule has 7 heteroatoms. The first-order valence-electron chi connectivity index (χ1n) is 20.2. The minimum Gasteiger partial charge on any atom is -0.436 e. The predicted octanol–water partition coefficient (Wildman–Crippen LogP) is 13.2. The number of aromatic nitrogens is 3. The van der Waals surface area contributed by atoms with Crippen LogP contribution in [0.15, 0.2) is 114 Å². The minimum atomic E-state index is -0.256. The first kappa shape index (κ1) is 39.4. The number of benzene rings is 4. The third-order valence-electron chi connectivity index (χ3n) is 11.0. The van der Waals surface area contributed by atoms with Crippen molar-refractivity contribution in [2.75, 3.05) is 29.0 Å². The van der Waals surface area contributed by atoms with Crippen LogP contribution >= 0.6 is 0 Å². The summed E-state index contributed by atoms with van der Waals surface area (Å²) in [5.41, 5.74) is 18.6. The van der Waals surface area contributed by atoms with Gasteiger partial charge in [0.25, 0.3) is 0 Å². The van der Waals surface area contributed by atoms with E-state index in [9.17, 15) is 0 Å². The number of nitrogens with one attached hydrogen (secondary N) is 1. The van der Waals surface area contributed by atoms with Crippen LogP contribution in [0, 0.1) is 5.41 Å². The van der Waals surface area contributed by atoms with Crippen LogP contribution in [0.1, 0.15) is 87.3 Å². The minimum absolute atomic E-state index is 0.0298. The summed E-state index contributed by atoms with van der Waals surface area (Å²) in [5.74, 6) is 1.69. The second-order valence-electron chi connectivity index (χ2n) is 18.1. The third kappa shape index (κ3) is 7.20. The van der Waals surface area contributed by atoms with Crippen molar-refractivity contribution in [3.63, 3.8) is 0 Å². The Hall–Kier alpha value is -5.82. The maximum absolute atomic E-state index is 7.31. The molecule has 0 saturated heterocycles. The average Bonchev–Trinajstić information content (AvgIpc) is 3.74. The van der Waals surface area contributed by atoms with Gasteiger partial charge in [-0.2, -0.15) is 0 Å². The number of anilines is 3. The lowest BCUT2D eigenvalue weighted by Crippen LogP contribution is -2.26. The van der Waals surface area contributed by atoms with Crippen LogP contribution in [-0.4, -0.2) is 27.6 Å². The molecule has 7 rings (SSSR count). The van der Waals surface area contributed by atoms with Crippen LogP contribution in [0.5, 0.6) is 0 Å². The topological polar surface area (TPSA) is 85.1 Å². The van der Waals surface area contributed by atoms with E-state index >= 15 is 0 Å². The quantitative estimate of drug-likeness (QED) is 0.143. The number of nitrogens with zero attached hydrogens (tertiary/aromatic N) is 4. The highest BCUT2D eigenvalue weighted by Crippen LogP contribution is 2.50. The molecule has 0 spiro atoms. The fourth-order valence-corrected chi connectivity index (χ4v) is 7.76. The van der Waals surface area contributed by atoms with Gasteiger partial charge in [-0.25, -0.2) is 9.97 Å². The number of pyridine rings is 1. The number of fused-ring (bicyclic) bond motifs is 4. The molecule has 0 amide bonds. The van der Waals surface area contributed by atoms with Crippen LogP contribution in [0.25, 0.3) is 61.3 Å². The standard InChI is InChI=1S/C50H58N6O/c1-13-20-41(50(10,11)12)53-43-42(33-21-16-17-22-34(33)47-52-37-23-18-19-24-40(37)57-47)44(55(14-2)15-3)46(54-45(43)51)56-38-27-25-31(48(4,5)6)29-35(38)36-30-32(49(7,8)9)26-28-39(36)56/h13,16-30,53H,1,14-15H2,2-12H3,(H2,51,54)/b41-20+. The maximum atomic E-state index is 7.31. The van der Waals surface area contributed by atoms with E-state index in [1.807, 2.05) is 42.5 Å². The fraction of sp³-hybridized carbons (Fsp3) is 0.320. The Bertz CT molecular complexity index is 2560. The van der Waals surface area contributed by atoms with E-state index in [1.165, 1.54) is 21.9 Å². The van der Waals surface area contributed by atoms with E-state index in [0.29, 0.717) is 11.7 Å². The monoisotopic (exact) mass is 758 g/mol. The smallest absolute Gasteiger partial charge is 0.227 e. The van der Waals surface area contributed by atoms with Gasteiger partial charge in [-0.15, -0.1) is 0 Å². The highest BCUT2D eigenvalue weighted by atomic mass is 16.3. The molecular formula is C50H58N6O. The molecule has 0 aliphatic heterocycles. The number of para-hydroxylation sites is 2. The molecule has 0 unspecified atom stereocenters. The van der Waals surface area contributed by atoms with Gasteiger partial charge in [0.15, 0.2) is 11.4 Å². The molecule has 57 heavy (non-hydrogen) atoms. The summed E-state index contributed by atoms with van der Waals surface area (Å²) >= 11 is 0. The van der Waals surface area contributed by atoms with E-state index in [4.69, 9.17) is 20.1 Å². The molecule has 294 valence electrons. The Kier molecular flexibility index (Phi) is 10.1. The lowest BCUT2D eigenvalue weighted by Gasteiger charge is -2.32. The molecule has 7 nitrogen and oxygen atoms in total. The van der Waals surface area contributed by atoms with Crippen LogP contribution in [0.3, 0.4) is 0 Å². The number of hydrogen-bond donors (Lipinski definition) is 2. The fourth-order valence-electron chi connectivity index (χ4n) is 7.76. The Labute approximate surface area is 338 Å². The molecule has 3 N–H and O–H groups in total. The van der Waals surface area contributed by atoms with Crippen LogP contribution in [0.4, 0.5) is 17.2 Å². The zero-order valence-electron chi connectivity index (χ0n) is 35.6. The second-order valence-corrected chi connectivity index (χ2v) is 18.1. The Morgan fingerprint density at radius 2 is 1.33 bits per heavy atom. The number of nitrogen functional groups attached to an aromatic ring is 1. The molecule has 0 atom stereocenters. The predicted molar refractivity (Wildman–Crippen MR) is 244 cm³/mol. The van der Waals surface area contributed by atoms with E-state index in [-0.39, 0.29) is 16.2 Å². The van der Waals surface area contributed by atoms with Gasteiger partial charge in [0.05, 0.1) is 22.4 Å². The lowest BCUT2D eigenvalue weighted by atomic mass is 9.85. The van der Waals surface area contributed by atoms with Gasteiger partial charge >= 0.3 is 0 Å². The number of hydrogen-bond acceptors (Lipinski definition) is 6. The highest BCUT2D eigenvalue weighted by Gasteiger charge is 2.31. The molecule has 0 aliphatic carbocycles. The third-order valence-corrected chi connectivity index (χ3v) is 11.0. The summed E-state index contributed by atoms with van der Waals surface area (Å²) in [6.45, 7) is 30.1. The van der Waals surface area contributed by atoms with Crippen LogP contribution in [0.2, 0.25) is 0 Å². The summed E-state index contributed by atoms with van der Waals surface area (Å²) in [6.07, 6.45) is 3.84. The molecule has 0 aliphatic rings. The number of oxazole rings is 1. The van der Waals surface area contributed by atoms with E-state index in [0.717, 1.165) is 74.8 Å². The van der Waals surface area contributed by atoms with Crippen molar-refractivity contribution in [3.8, 4) is 28.4 Å². The molecule has 3 aromatic heterocycles. The zero-order valence-corrected chi connectivity index (χ0v) is 35.6. The summed E-state index contributed by atoms with van der Waals surface area (Å²) in [4.78, 5) is 12.8. The zero-order chi connectivity index (χ0) is 41.0. The number of allylic oxidation sites excluding steroid dienone is 3. The molecule has 3 heterocycles. The molecule has 0 fully saturated rings. The van der Waals surface area contributed by atoms with Gasteiger partial charge in [-0.05, 0) is 89.9 Å². The van der Waals surface area contributed by atoms with Crippen LogP contribution in [-0.2, 0) is 10.8 Å². The van der Waals surface area contributed by atoms with Gasteiger partial charge in [-0.1, -0.05) is 117 Å². The summed E-state index contributed by atoms with van der Waals surface area (Å²) < 4.78 is 8.81. The first-order valence-corrected chi connectivity index (χ1v) is 20.2. The Morgan fingerprint density at radius 3 is 1.86 bits per heavy atom. The highest BCUT2D eigenvalue weighted by molar-refractivity contribution is 6.11. The van der Waals surface area contributed by atoms with E-state index < -0.39 is 0 Å². The van der Waals surface area contributed by atoms with Crippen molar-refractivity contribution in [3.05, 3.63) is 120 Å². The molecule has 0 radical (unpaired) electrons. The van der Waals surface area contributed by atoms with Crippen LogP contribution < -0.4 is 16.0 Å². The Balaban J connectivity index is 1.66. The second kappa shape index (κ2) is 14.6. The largest absolute Gasteiger partial charge is 0.436 e. The van der Waals surface area contributed by atoms with Gasteiger partial charge < -0.3 is 20.4 Å². The maximum Gasteiger partial charge on any atom is 0.227 e. The van der Waals surface area contributed by atoms with Crippen molar-refractivity contribution in [2.45, 2.75) is 87.0 Å². The van der Waals surface area contributed by atoms with Gasteiger partial charge in [0, 0.05) is 46.1 Å². The van der Waals surface area contributed by atoms with E-state index in [1.54, 1.807) is 0 Å². The number of nitrogens with two attached hydrogens (primary N) is 1. The van der Waals surface area contributed by atoms with Gasteiger partial charge in [0.1, 0.15) is 11.3 Å². The van der Waals surface area contributed by atoms with E-state index in [2.05, 4.69) is 152 Å². The summed E-state index contributed by atoms with van der Waals surface area (Å²) in [7, 11) is 0. The average molecular weight is 759 g/mol. The van der Waals surface area contributed by atoms with Gasteiger partial charge in [-0.3, -0.25) is 4.57 Å². The molecular weight excluding hydrogens is 701 g/mol. The summed E-state index contributed by atoms with van der Waals surface area (Å²) in [5, 5.41) is 6.19. The molecule has 0 saturated carbocycles. The Morgan fingerprint density at radius 1 is 0.772 bits per heavy atom. The van der Waals surface area contributed by atoms with Crippen molar-refractivity contribution in [1.29, 1.82) is 0 Å². The SMILES string of the molecule is C=C/C=C(/Nc1c(N)nc(-n2c3ccc(C(C)(C)C)cc3c3cc(C(C)(C)C)ccc32)c(N(CC)CC)c1-c1ccccc1-c1nc2ccccc2o1)C(C)(C)C.